The minimum Gasteiger partial charge on any atom is -0.370 e. The molecule has 0 radical (unpaired) electrons. The average Bonchev–Trinajstić information content (AvgIpc) is 2.70. The van der Waals surface area contributed by atoms with Gasteiger partial charge in [0.25, 0.3) is 0 Å². The lowest BCUT2D eigenvalue weighted by atomic mass is 9.91. The molecule has 0 bridgehead atoms. The highest BCUT2D eigenvalue weighted by Crippen LogP contribution is 2.37. The fourth-order valence-corrected chi connectivity index (χ4v) is 1.61. The van der Waals surface area contributed by atoms with Crippen LogP contribution in [0.4, 0.5) is 0 Å². The molecule has 0 aliphatic heterocycles. The van der Waals surface area contributed by atoms with Crippen LogP contribution in [0.15, 0.2) is 0 Å². The lowest BCUT2D eigenvalue weighted by Gasteiger charge is -2.27. The van der Waals surface area contributed by atoms with Gasteiger partial charge in [0.2, 0.25) is 5.91 Å². The molecule has 3 heteroatoms. The first-order valence-corrected chi connectivity index (χ1v) is 4.53. The van der Waals surface area contributed by atoms with Gasteiger partial charge in [0.15, 0.2) is 0 Å². The molecule has 0 spiro atoms. The molecule has 3 nitrogen and oxygen atoms in total. The van der Waals surface area contributed by atoms with Crippen LogP contribution in [0, 0.1) is 5.92 Å². The predicted molar refractivity (Wildman–Crippen MR) is 48.6 cm³/mol. The van der Waals surface area contributed by atoms with E-state index >= 15 is 0 Å². The van der Waals surface area contributed by atoms with Gasteiger partial charge in [-0.15, -0.1) is 0 Å². The largest absolute Gasteiger partial charge is 0.370 e. The van der Waals surface area contributed by atoms with Crippen molar-refractivity contribution in [2.45, 2.75) is 38.1 Å². The van der Waals surface area contributed by atoms with Crippen LogP contribution in [0.3, 0.4) is 0 Å². The molecule has 1 aliphatic rings. The van der Waals surface area contributed by atoms with Gasteiger partial charge in [0.1, 0.15) is 0 Å². The summed E-state index contributed by atoms with van der Waals surface area (Å²) in [6, 6.07) is 0. The molecule has 0 aromatic heterocycles. The summed E-state index contributed by atoms with van der Waals surface area (Å²) in [5.41, 5.74) is 5.09. The normalized spacial score (nSPS) is 21.8. The summed E-state index contributed by atoms with van der Waals surface area (Å²) in [5.74, 6) is 0.606. The second-order valence-corrected chi connectivity index (χ2v) is 4.10. The summed E-state index contributed by atoms with van der Waals surface area (Å²) in [6.07, 6.45) is 4.15. The molecule has 0 saturated heterocycles. The number of hydrogen-bond acceptors (Lipinski definition) is 2. The average molecular weight is 170 g/mol. The van der Waals surface area contributed by atoms with Crippen LogP contribution in [-0.2, 0) is 4.79 Å². The molecule has 12 heavy (non-hydrogen) atoms. The number of carbonyl (C=O) groups is 1. The summed E-state index contributed by atoms with van der Waals surface area (Å²) < 4.78 is 0. The number of nitrogens with two attached hydrogens (primary N) is 1. The Morgan fingerprint density at radius 3 is 2.58 bits per heavy atom. The Labute approximate surface area is 73.7 Å². The van der Waals surface area contributed by atoms with Gasteiger partial charge >= 0.3 is 0 Å². The molecule has 0 aromatic rings. The minimum absolute atomic E-state index is 0.0764. The first kappa shape index (κ1) is 9.52. The van der Waals surface area contributed by atoms with Crippen molar-refractivity contribution in [2.24, 2.45) is 11.7 Å². The molecular formula is C9H18N2O. The van der Waals surface area contributed by atoms with Crippen molar-refractivity contribution in [1.29, 1.82) is 0 Å². The van der Waals surface area contributed by atoms with E-state index in [1.807, 2.05) is 7.05 Å². The van der Waals surface area contributed by atoms with E-state index in [0.717, 1.165) is 12.3 Å². The molecule has 1 saturated carbocycles. The van der Waals surface area contributed by atoms with Crippen LogP contribution in [0.25, 0.3) is 0 Å². The molecule has 3 N–H and O–H groups in total. The van der Waals surface area contributed by atoms with E-state index < -0.39 is 0 Å². The van der Waals surface area contributed by atoms with E-state index in [-0.39, 0.29) is 11.4 Å². The minimum atomic E-state index is -0.215. The Morgan fingerprint density at radius 1 is 1.67 bits per heavy atom. The van der Waals surface area contributed by atoms with Crippen molar-refractivity contribution >= 4 is 5.91 Å². The van der Waals surface area contributed by atoms with Gasteiger partial charge in [0.05, 0.1) is 0 Å². The van der Waals surface area contributed by atoms with Crippen molar-refractivity contribution in [3.63, 3.8) is 0 Å². The Bertz CT molecular complexity index is 177. The topological polar surface area (TPSA) is 55.1 Å². The van der Waals surface area contributed by atoms with Gasteiger partial charge in [0, 0.05) is 12.0 Å². The van der Waals surface area contributed by atoms with Crippen LogP contribution in [0.2, 0.25) is 0 Å². The third-order valence-electron chi connectivity index (χ3n) is 2.60. The molecule has 70 valence electrons. The van der Waals surface area contributed by atoms with E-state index in [2.05, 4.69) is 12.2 Å². The maximum absolute atomic E-state index is 10.8. The summed E-state index contributed by atoms with van der Waals surface area (Å²) >= 11 is 0. The number of rotatable bonds is 5. The SMILES string of the molecule is CNC(C)(CC(N)=O)CC1CC1. The molecule has 1 unspecified atom stereocenters. The number of carbonyl (C=O) groups excluding carboxylic acids is 1. The molecular weight excluding hydrogens is 152 g/mol. The van der Waals surface area contributed by atoms with Crippen molar-refractivity contribution in [3.05, 3.63) is 0 Å². The Kier molecular flexibility index (Phi) is 2.73. The quantitative estimate of drug-likeness (QED) is 0.636. The molecule has 1 aliphatic carbocycles. The predicted octanol–water partition coefficient (Wildman–Crippen LogP) is 0.640. The Balaban J connectivity index is 2.41. The summed E-state index contributed by atoms with van der Waals surface area (Å²) in [6.45, 7) is 2.07. The monoisotopic (exact) mass is 170 g/mol. The van der Waals surface area contributed by atoms with Crippen molar-refractivity contribution in [2.75, 3.05) is 7.05 Å². The summed E-state index contributed by atoms with van der Waals surface area (Å²) in [4.78, 5) is 10.8. The van der Waals surface area contributed by atoms with E-state index in [9.17, 15) is 4.79 Å². The molecule has 1 rings (SSSR count). The first-order valence-electron chi connectivity index (χ1n) is 4.53. The van der Waals surface area contributed by atoms with Gasteiger partial charge in [-0.2, -0.15) is 0 Å². The second-order valence-electron chi connectivity index (χ2n) is 4.10. The highest BCUT2D eigenvalue weighted by atomic mass is 16.1. The number of nitrogens with one attached hydrogen (secondary N) is 1. The zero-order chi connectivity index (χ0) is 9.19. The van der Waals surface area contributed by atoms with E-state index in [1.54, 1.807) is 0 Å². The fourth-order valence-electron chi connectivity index (χ4n) is 1.61. The van der Waals surface area contributed by atoms with Crippen LogP contribution >= 0.6 is 0 Å². The Morgan fingerprint density at radius 2 is 2.25 bits per heavy atom. The zero-order valence-corrected chi connectivity index (χ0v) is 7.89. The maximum atomic E-state index is 10.8. The van der Waals surface area contributed by atoms with Crippen molar-refractivity contribution in [1.82, 2.24) is 5.32 Å². The van der Waals surface area contributed by atoms with Gasteiger partial charge < -0.3 is 11.1 Å². The molecule has 1 amide bonds. The summed E-state index contributed by atoms with van der Waals surface area (Å²) in [5, 5.41) is 3.18. The smallest absolute Gasteiger partial charge is 0.219 e. The van der Waals surface area contributed by atoms with Crippen LogP contribution in [-0.4, -0.2) is 18.5 Å². The molecule has 0 aromatic carbocycles. The number of amides is 1. The van der Waals surface area contributed by atoms with E-state index in [0.29, 0.717) is 6.42 Å². The van der Waals surface area contributed by atoms with Gasteiger partial charge in [-0.3, -0.25) is 4.79 Å². The maximum Gasteiger partial charge on any atom is 0.219 e. The molecule has 1 fully saturated rings. The third-order valence-corrected chi connectivity index (χ3v) is 2.60. The Hall–Kier alpha value is -0.570. The summed E-state index contributed by atoms with van der Waals surface area (Å²) in [7, 11) is 1.89. The second kappa shape index (κ2) is 3.44. The van der Waals surface area contributed by atoms with E-state index in [1.165, 1.54) is 12.8 Å². The van der Waals surface area contributed by atoms with Gasteiger partial charge in [-0.1, -0.05) is 12.8 Å². The van der Waals surface area contributed by atoms with Gasteiger partial charge in [-0.25, -0.2) is 0 Å². The third kappa shape index (κ3) is 2.81. The number of primary amides is 1. The lowest BCUT2D eigenvalue weighted by Crippen LogP contribution is -2.43. The molecule has 1 atom stereocenters. The molecule has 0 heterocycles. The van der Waals surface area contributed by atoms with Gasteiger partial charge in [-0.05, 0) is 26.3 Å². The van der Waals surface area contributed by atoms with Crippen molar-refractivity contribution < 1.29 is 4.79 Å². The number of hydrogen-bond donors (Lipinski definition) is 2. The van der Waals surface area contributed by atoms with Crippen LogP contribution in [0.5, 0.6) is 0 Å². The van der Waals surface area contributed by atoms with E-state index in [4.69, 9.17) is 5.73 Å². The first-order chi connectivity index (χ1) is 5.56. The van der Waals surface area contributed by atoms with Crippen LogP contribution < -0.4 is 11.1 Å². The van der Waals surface area contributed by atoms with Crippen LogP contribution in [0.1, 0.15) is 32.6 Å². The fraction of sp³-hybridized carbons (Fsp3) is 0.889. The zero-order valence-electron chi connectivity index (χ0n) is 7.89. The standard InChI is InChI=1S/C9H18N2O/c1-9(11-2,6-8(10)12)5-7-3-4-7/h7,11H,3-6H2,1-2H3,(H2,10,12). The highest BCUT2D eigenvalue weighted by molar-refractivity contribution is 5.75. The lowest BCUT2D eigenvalue weighted by molar-refractivity contribution is -0.119. The van der Waals surface area contributed by atoms with Crippen molar-refractivity contribution in [3.8, 4) is 0 Å². The highest BCUT2D eigenvalue weighted by Gasteiger charge is 2.33.